The van der Waals surface area contributed by atoms with E-state index in [-0.39, 0.29) is 30.7 Å². The van der Waals surface area contributed by atoms with Crippen molar-refractivity contribution < 1.29 is 14.4 Å². The average molecular weight is 384 g/mol. The van der Waals surface area contributed by atoms with Crippen molar-refractivity contribution in [2.24, 2.45) is 0 Å². The first-order chi connectivity index (χ1) is 14.1. The molecule has 0 aromatic heterocycles. The highest BCUT2D eigenvalue weighted by molar-refractivity contribution is 6.21. The van der Waals surface area contributed by atoms with E-state index in [1.54, 1.807) is 24.3 Å². The van der Waals surface area contributed by atoms with Gasteiger partial charge in [0.1, 0.15) is 0 Å². The molecule has 3 aromatic rings. The van der Waals surface area contributed by atoms with Gasteiger partial charge in [0, 0.05) is 18.7 Å². The second kappa shape index (κ2) is 8.10. The first-order valence-electron chi connectivity index (χ1n) is 9.50. The summed E-state index contributed by atoms with van der Waals surface area (Å²) in [6.45, 7) is 0.0546. The van der Waals surface area contributed by atoms with Gasteiger partial charge in [-0.05, 0) is 35.7 Å². The summed E-state index contributed by atoms with van der Waals surface area (Å²) in [6, 6.07) is 24.4. The summed E-state index contributed by atoms with van der Waals surface area (Å²) >= 11 is 0. The molecule has 0 radical (unpaired) electrons. The van der Waals surface area contributed by atoms with Gasteiger partial charge in [-0.2, -0.15) is 0 Å². The number of hydrogen-bond donors (Lipinski definition) is 1. The van der Waals surface area contributed by atoms with Crippen LogP contribution in [0.3, 0.4) is 0 Å². The lowest BCUT2D eigenvalue weighted by molar-refractivity contribution is -0.116. The molecule has 0 bridgehead atoms. The number of carbonyl (C=O) groups is 3. The maximum atomic E-state index is 12.5. The zero-order valence-electron chi connectivity index (χ0n) is 15.8. The molecule has 1 heterocycles. The highest BCUT2D eigenvalue weighted by Crippen LogP contribution is 2.23. The lowest BCUT2D eigenvalue weighted by Crippen LogP contribution is -2.33. The number of carbonyl (C=O) groups excluding carboxylic acids is 3. The number of rotatable bonds is 6. The molecule has 1 aliphatic heterocycles. The Labute approximate surface area is 169 Å². The Morgan fingerprint density at radius 1 is 0.759 bits per heavy atom. The van der Waals surface area contributed by atoms with Crippen LogP contribution in [0.5, 0.6) is 0 Å². The van der Waals surface area contributed by atoms with E-state index in [1.807, 2.05) is 54.6 Å². The molecule has 0 saturated heterocycles. The standard InChI is InChI=1S/C24H20N2O3/c27-22(14-15-26-23(28)19-11-5-6-12-20(19)24(26)29)25-21-13-7-4-10-18(21)16-17-8-2-1-3-9-17/h1-13H,14-16H2,(H,25,27). The zero-order chi connectivity index (χ0) is 20.2. The summed E-state index contributed by atoms with van der Waals surface area (Å²) in [6.07, 6.45) is 0.751. The summed E-state index contributed by atoms with van der Waals surface area (Å²) in [5.74, 6) is -0.923. The van der Waals surface area contributed by atoms with Gasteiger partial charge in [0.2, 0.25) is 5.91 Å². The van der Waals surface area contributed by atoms with Crippen LogP contribution in [-0.4, -0.2) is 29.2 Å². The largest absolute Gasteiger partial charge is 0.326 e. The van der Waals surface area contributed by atoms with Crippen LogP contribution in [0.4, 0.5) is 5.69 Å². The molecule has 0 spiro atoms. The molecule has 5 nitrogen and oxygen atoms in total. The second-order valence-corrected chi connectivity index (χ2v) is 6.93. The minimum Gasteiger partial charge on any atom is -0.326 e. The number of anilines is 1. The summed E-state index contributed by atoms with van der Waals surface area (Å²) in [4.78, 5) is 38.5. The number of benzene rings is 3. The van der Waals surface area contributed by atoms with Crippen molar-refractivity contribution in [3.05, 3.63) is 101 Å². The fourth-order valence-electron chi connectivity index (χ4n) is 3.48. The number of nitrogens with zero attached hydrogens (tertiary/aromatic N) is 1. The molecule has 5 heteroatoms. The van der Waals surface area contributed by atoms with Crippen molar-refractivity contribution in [2.45, 2.75) is 12.8 Å². The number of para-hydroxylation sites is 1. The Morgan fingerprint density at radius 2 is 1.34 bits per heavy atom. The predicted molar refractivity (Wildman–Crippen MR) is 111 cm³/mol. The van der Waals surface area contributed by atoms with Gasteiger partial charge in [0.15, 0.2) is 0 Å². The number of amides is 3. The van der Waals surface area contributed by atoms with Crippen molar-refractivity contribution in [1.29, 1.82) is 0 Å². The highest BCUT2D eigenvalue weighted by atomic mass is 16.2. The SMILES string of the molecule is O=C(CCN1C(=O)c2ccccc2C1=O)Nc1ccccc1Cc1ccccc1. The smallest absolute Gasteiger partial charge is 0.261 e. The monoisotopic (exact) mass is 384 g/mol. The predicted octanol–water partition coefficient (Wildman–Crippen LogP) is 3.90. The number of hydrogen-bond acceptors (Lipinski definition) is 3. The molecule has 1 aliphatic rings. The topological polar surface area (TPSA) is 66.5 Å². The Kier molecular flexibility index (Phi) is 5.20. The third-order valence-corrected chi connectivity index (χ3v) is 4.97. The van der Waals surface area contributed by atoms with Crippen molar-refractivity contribution in [1.82, 2.24) is 4.90 Å². The van der Waals surface area contributed by atoms with Crippen molar-refractivity contribution in [2.75, 3.05) is 11.9 Å². The highest BCUT2D eigenvalue weighted by Gasteiger charge is 2.34. The minimum atomic E-state index is -0.345. The van der Waals surface area contributed by atoms with Crippen LogP contribution in [0.15, 0.2) is 78.9 Å². The van der Waals surface area contributed by atoms with Crippen LogP contribution in [0.1, 0.15) is 38.3 Å². The van der Waals surface area contributed by atoms with Crippen LogP contribution in [-0.2, 0) is 11.2 Å². The number of nitrogens with one attached hydrogen (secondary N) is 1. The lowest BCUT2D eigenvalue weighted by Gasteiger charge is -2.15. The van der Waals surface area contributed by atoms with Gasteiger partial charge in [0.25, 0.3) is 11.8 Å². The third-order valence-electron chi connectivity index (χ3n) is 4.97. The van der Waals surface area contributed by atoms with E-state index in [4.69, 9.17) is 0 Å². The molecule has 0 fully saturated rings. The van der Waals surface area contributed by atoms with Crippen molar-refractivity contribution in [3.63, 3.8) is 0 Å². The molecule has 1 N–H and O–H groups in total. The van der Waals surface area contributed by atoms with E-state index >= 15 is 0 Å². The van der Waals surface area contributed by atoms with Crippen LogP contribution >= 0.6 is 0 Å². The Balaban J connectivity index is 1.40. The average Bonchev–Trinajstić information content (AvgIpc) is 2.99. The van der Waals surface area contributed by atoms with E-state index in [2.05, 4.69) is 5.32 Å². The van der Waals surface area contributed by atoms with Gasteiger partial charge < -0.3 is 5.32 Å². The van der Waals surface area contributed by atoms with E-state index in [1.165, 1.54) is 0 Å². The van der Waals surface area contributed by atoms with Crippen LogP contribution < -0.4 is 5.32 Å². The quantitative estimate of drug-likeness (QED) is 0.656. The van der Waals surface area contributed by atoms with Crippen molar-refractivity contribution >= 4 is 23.4 Å². The van der Waals surface area contributed by atoms with Gasteiger partial charge in [-0.25, -0.2) is 0 Å². The second-order valence-electron chi connectivity index (χ2n) is 6.93. The summed E-state index contributed by atoms with van der Waals surface area (Å²) in [7, 11) is 0. The first-order valence-corrected chi connectivity index (χ1v) is 9.50. The fourth-order valence-corrected chi connectivity index (χ4v) is 3.48. The summed E-state index contributed by atoms with van der Waals surface area (Å²) in [5.41, 5.74) is 3.69. The normalized spacial score (nSPS) is 12.8. The molecule has 144 valence electrons. The molecule has 4 rings (SSSR count). The lowest BCUT2D eigenvalue weighted by atomic mass is 10.0. The number of fused-ring (bicyclic) bond motifs is 1. The molecule has 0 aliphatic carbocycles. The Morgan fingerprint density at radius 3 is 2.03 bits per heavy atom. The minimum absolute atomic E-state index is 0.0468. The van der Waals surface area contributed by atoms with Crippen LogP contribution in [0.2, 0.25) is 0 Å². The molecular formula is C24H20N2O3. The summed E-state index contributed by atoms with van der Waals surface area (Å²) in [5, 5.41) is 2.92. The van der Waals surface area contributed by atoms with E-state index in [9.17, 15) is 14.4 Å². The summed E-state index contributed by atoms with van der Waals surface area (Å²) < 4.78 is 0. The molecule has 29 heavy (non-hydrogen) atoms. The Hall–Kier alpha value is -3.73. The van der Waals surface area contributed by atoms with Gasteiger partial charge >= 0.3 is 0 Å². The van der Waals surface area contributed by atoms with Gasteiger partial charge in [-0.3, -0.25) is 19.3 Å². The Bertz CT molecular complexity index is 1040. The first kappa shape index (κ1) is 18.6. The van der Waals surface area contributed by atoms with Gasteiger partial charge in [-0.15, -0.1) is 0 Å². The van der Waals surface area contributed by atoms with Crippen LogP contribution in [0.25, 0.3) is 0 Å². The third kappa shape index (κ3) is 3.94. The zero-order valence-corrected chi connectivity index (χ0v) is 15.8. The molecular weight excluding hydrogens is 364 g/mol. The van der Waals surface area contributed by atoms with E-state index in [0.29, 0.717) is 17.5 Å². The number of imide groups is 1. The van der Waals surface area contributed by atoms with Crippen LogP contribution in [0, 0.1) is 0 Å². The molecule has 3 amide bonds. The molecule has 0 atom stereocenters. The molecule has 0 saturated carbocycles. The fraction of sp³-hybridized carbons (Fsp3) is 0.125. The van der Waals surface area contributed by atoms with E-state index in [0.717, 1.165) is 21.7 Å². The van der Waals surface area contributed by atoms with E-state index < -0.39 is 0 Å². The molecule has 3 aromatic carbocycles. The van der Waals surface area contributed by atoms with Crippen molar-refractivity contribution in [3.8, 4) is 0 Å². The maximum Gasteiger partial charge on any atom is 0.261 e. The van der Waals surface area contributed by atoms with Gasteiger partial charge in [-0.1, -0.05) is 60.7 Å². The van der Waals surface area contributed by atoms with Gasteiger partial charge in [0.05, 0.1) is 11.1 Å². The maximum absolute atomic E-state index is 12.5. The molecule has 0 unspecified atom stereocenters.